The van der Waals surface area contributed by atoms with Crippen LogP contribution in [0.5, 0.6) is 0 Å². The highest BCUT2D eigenvalue weighted by atomic mass is 19.1. The molecule has 7 nitrogen and oxygen atoms in total. The molecule has 1 aliphatic carbocycles. The second-order valence-electron chi connectivity index (χ2n) is 9.70. The van der Waals surface area contributed by atoms with E-state index in [-0.39, 0.29) is 24.2 Å². The number of aromatic amines is 1. The third-order valence-electron chi connectivity index (χ3n) is 7.12. The van der Waals surface area contributed by atoms with Gasteiger partial charge in [-0.3, -0.25) is 9.89 Å². The van der Waals surface area contributed by atoms with Crippen molar-refractivity contribution in [2.75, 3.05) is 0 Å². The average molecular weight is 484 g/mol. The van der Waals surface area contributed by atoms with Crippen LogP contribution < -0.4 is 5.32 Å². The summed E-state index contributed by atoms with van der Waals surface area (Å²) in [7, 11) is 0. The van der Waals surface area contributed by atoms with Gasteiger partial charge in [0.15, 0.2) is 0 Å². The van der Waals surface area contributed by atoms with E-state index in [1.807, 2.05) is 41.1 Å². The van der Waals surface area contributed by atoms with Crippen molar-refractivity contribution < 1.29 is 14.3 Å². The predicted octanol–water partition coefficient (Wildman–Crippen LogP) is 4.66. The summed E-state index contributed by atoms with van der Waals surface area (Å²) in [4.78, 5) is 17.5. The van der Waals surface area contributed by atoms with Gasteiger partial charge >= 0.3 is 0 Å². The third-order valence-corrected chi connectivity index (χ3v) is 7.12. The number of aliphatic hydroxyl groups is 1. The number of rotatable bonds is 5. The van der Waals surface area contributed by atoms with E-state index < -0.39 is 5.60 Å². The molecule has 3 N–H and O–H groups in total. The number of fused-ring (bicyclic) bond motifs is 2. The Morgan fingerprint density at radius 2 is 2.11 bits per heavy atom. The first kappa shape index (κ1) is 22.4. The molecule has 0 spiro atoms. The topological polar surface area (TPSA) is 95.3 Å². The maximum Gasteiger partial charge on any atom is 0.251 e. The van der Waals surface area contributed by atoms with Gasteiger partial charge in [0.2, 0.25) is 0 Å². The Morgan fingerprint density at radius 3 is 3.00 bits per heavy atom. The van der Waals surface area contributed by atoms with E-state index in [1.165, 1.54) is 6.07 Å². The summed E-state index contributed by atoms with van der Waals surface area (Å²) in [5.41, 5.74) is 3.33. The molecule has 3 aromatic heterocycles. The Bertz CT molecular complexity index is 1570. The zero-order valence-corrected chi connectivity index (χ0v) is 19.6. The summed E-state index contributed by atoms with van der Waals surface area (Å²) in [6.07, 6.45) is 8.32. The average Bonchev–Trinajstić information content (AvgIpc) is 3.51. The number of halogens is 1. The molecule has 0 saturated heterocycles. The van der Waals surface area contributed by atoms with Gasteiger partial charge in [-0.05, 0) is 67.6 Å². The number of hydrogen-bond acceptors (Lipinski definition) is 4. The van der Waals surface area contributed by atoms with Gasteiger partial charge < -0.3 is 14.8 Å². The summed E-state index contributed by atoms with van der Waals surface area (Å²) in [5.74, 6) is -0.511. The van der Waals surface area contributed by atoms with Crippen LogP contribution in [0.3, 0.4) is 0 Å². The standard InChI is InChI=1S/C28H26FN5O2/c29-23-6-2-1-4-19(23)15-28(36)11-3-5-21(16-28)31-27(35)18-7-9-24-22(14-18)26(33-32-24)20-8-10-25-30-12-13-34(25)17-20/h1-2,4,6-10,12-14,17,21,36H,3,5,11,15-16H2,(H,31,35)(H,32,33)/t21-,28+/m0/s1. The summed E-state index contributed by atoms with van der Waals surface area (Å²) in [6.45, 7) is 0. The number of carbonyl (C=O) groups is 1. The van der Waals surface area contributed by atoms with E-state index in [1.54, 1.807) is 30.5 Å². The van der Waals surface area contributed by atoms with E-state index in [0.29, 0.717) is 24.0 Å². The number of aromatic nitrogens is 4. The minimum atomic E-state index is -1.05. The maximum absolute atomic E-state index is 14.2. The Labute approximate surface area is 207 Å². The first-order chi connectivity index (χ1) is 17.5. The number of benzene rings is 2. The van der Waals surface area contributed by atoms with Crippen molar-refractivity contribution in [3.8, 4) is 11.3 Å². The fourth-order valence-electron chi connectivity index (χ4n) is 5.32. The van der Waals surface area contributed by atoms with E-state index in [4.69, 9.17) is 0 Å². The molecule has 5 aromatic rings. The molecule has 2 aromatic carbocycles. The van der Waals surface area contributed by atoms with Crippen molar-refractivity contribution in [2.24, 2.45) is 0 Å². The van der Waals surface area contributed by atoms with Crippen molar-refractivity contribution in [1.29, 1.82) is 0 Å². The molecular formula is C28H26FN5O2. The quantitative estimate of drug-likeness (QED) is 0.339. The van der Waals surface area contributed by atoms with Crippen molar-refractivity contribution in [1.82, 2.24) is 24.9 Å². The van der Waals surface area contributed by atoms with Crippen LogP contribution in [-0.4, -0.2) is 42.2 Å². The van der Waals surface area contributed by atoms with Crippen LogP contribution in [0.4, 0.5) is 4.39 Å². The molecule has 8 heteroatoms. The summed E-state index contributed by atoms with van der Waals surface area (Å²) in [6, 6.07) is 15.7. The van der Waals surface area contributed by atoms with E-state index >= 15 is 0 Å². The SMILES string of the molecule is O=C(N[C@H]1CCC[C@@](O)(Cc2ccccc2F)C1)c1ccc2[nH]nc(-c3ccc4nccn4c3)c2c1. The predicted molar refractivity (Wildman–Crippen MR) is 135 cm³/mol. The summed E-state index contributed by atoms with van der Waals surface area (Å²) >= 11 is 0. The first-order valence-electron chi connectivity index (χ1n) is 12.2. The fourth-order valence-corrected chi connectivity index (χ4v) is 5.32. The molecule has 2 atom stereocenters. The van der Waals surface area contributed by atoms with Gasteiger partial charge in [0, 0.05) is 47.6 Å². The monoisotopic (exact) mass is 483 g/mol. The van der Waals surface area contributed by atoms with Crippen molar-refractivity contribution in [2.45, 2.75) is 43.7 Å². The highest BCUT2D eigenvalue weighted by molar-refractivity contribution is 6.01. The normalized spacial score (nSPS) is 20.1. The summed E-state index contributed by atoms with van der Waals surface area (Å²) < 4.78 is 16.1. The number of amides is 1. The molecule has 36 heavy (non-hydrogen) atoms. The first-order valence-corrected chi connectivity index (χ1v) is 12.2. The zero-order valence-electron chi connectivity index (χ0n) is 19.6. The van der Waals surface area contributed by atoms with Crippen LogP contribution in [0.1, 0.15) is 41.6 Å². The highest BCUT2D eigenvalue weighted by Crippen LogP contribution is 2.33. The van der Waals surface area contributed by atoms with Crippen LogP contribution in [0.2, 0.25) is 0 Å². The third kappa shape index (κ3) is 4.24. The second kappa shape index (κ2) is 8.87. The van der Waals surface area contributed by atoms with Crippen LogP contribution >= 0.6 is 0 Å². The molecule has 0 unspecified atom stereocenters. The van der Waals surface area contributed by atoms with Gasteiger partial charge in [0.25, 0.3) is 5.91 Å². The van der Waals surface area contributed by atoms with Gasteiger partial charge in [0.05, 0.1) is 11.1 Å². The van der Waals surface area contributed by atoms with Gasteiger partial charge in [-0.25, -0.2) is 9.37 Å². The second-order valence-corrected chi connectivity index (χ2v) is 9.70. The lowest BCUT2D eigenvalue weighted by Gasteiger charge is -2.37. The molecular weight excluding hydrogens is 457 g/mol. The van der Waals surface area contributed by atoms with Crippen molar-refractivity contribution >= 4 is 22.5 Å². The van der Waals surface area contributed by atoms with Gasteiger partial charge in [-0.2, -0.15) is 5.10 Å². The number of pyridine rings is 1. The highest BCUT2D eigenvalue weighted by Gasteiger charge is 2.35. The molecule has 1 fully saturated rings. The molecule has 182 valence electrons. The number of nitrogens with zero attached hydrogens (tertiary/aromatic N) is 3. The number of H-pyrrole nitrogens is 1. The lowest BCUT2D eigenvalue weighted by molar-refractivity contribution is -0.00685. The fraction of sp³-hybridized carbons (Fsp3) is 0.250. The van der Waals surface area contributed by atoms with Crippen LogP contribution in [0.15, 0.2) is 73.2 Å². The summed E-state index contributed by atoms with van der Waals surface area (Å²) in [5, 5.41) is 22.7. The molecule has 0 aliphatic heterocycles. The van der Waals surface area contributed by atoms with E-state index in [0.717, 1.165) is 40.6 Å². The van der Waals surface area contributed by atoms with Gasteiger partial charge in [0.1, 0.15) is 17.2 Å². The minimum absolute atomic E-state index is 0.189. The molecule has 1 aliphatic rings. The minimum Gasteiger partial charge on any atom is -0.389 e. The van der Waals surface area contributed by atoms with Crippen LogP contribution in [0.25, 0.3) is 27.8 Å². The molecule has 1 saturated carbocycles. The molecule has 0 bridgehead atoms. The van der Waals surface area contributed by atoms with Crippen LogP contribution in [-0.2, 0) is 6.42 Å². The van der Waals surface area contributed by atoms with Crippen LogP contribution in [0, 0.1) is 5.82 Å². The largest absolute Gasteiger partial charge is 0.389 e. The maximum atomic E-state index is 14.2. The smallest absolute Gasteiger partial charge is 0.251 e. The number of carbonyl (C=O) groups excluding carboxylic acids is 1. The Hall–Kier alpha value is -4.04. The Morgan fingerprint density at radius 1 is 1.22 bits per heavy atom. The molecule has 3 heterocycles. The van der Waals surface area contributed by atoms with E-state index in [9.17, 15) is 14.3 Å². The number of nitrogens with one attached hydrogen (secondary N) is 2. The number of hydrogen-bond donors (Lipinski definition) is 3. The Kier molecular flexibility index (Phi) is 5.53. The molecule has 0 radical (unpaired) electrons. The van der Waals surface area contributed by atoms with Crippen molar-refractivity contribution in [3.05, 3.63) is 90.1 Å². The lowest BCUT2D eigenvalue weighted by Crippen LogP contribution is -2.46. The van der Waals surface area contributed by atoms with Gasteiger partial charge in [-0.15, -0.1) is 0 Å². The molecule has 1 amide bonds. The number of imidazole rings is 1. The van der Waals surface area contributed by atoms with E-state index in [2.05, 4.69) is 20.5 Å². The molecule has 6 rings (SSSR count). The van der Waals surface area contributed by atoms with Gasteiger partial charge in [-0.1, -0.05) is 18.2 Å². The zero-order chi connectivity index (χ0) is 24.7. The Balaban J connectivity index is 1.21. The lowest BCUT2D eigenvalue weighted by atomic mass is 9.78. The van der Waals surface area contributed by atoms with Crippen molar-refractivity contribution in [3.63, 3.8) is 0 Å².